The van der Waals surface area contributed by atoms with Crippen molar-refractivity contribution >= 4 is 21.5 Å². The summed E-state index contributed by atoms with van der Waals surface area (Å²) in [7, 11) is 1.27. The Morgan fingerprint density at radius 2 is 1.27 bits per heavy atom. The molecule has 1 nitrogen and oxygen atoms in total. The molecule has 130 valence electrons. The van der Waals surface area contributed by atoms with E-state index < -0.39 is 11.7 Å². The van der Waals surface area contributed by atoms with Crippen molar-refractivity contribution in [1.29, 1.82) is 0 Å². The van der Waals surface area contributed by atoms with Crippen LogP contribution in [-0.2, 0) is 6.18 Å². The number of rotatable bonds is 2. The molecule has 0 N–H and O–H groups in total. The maximum absolute atomic E-state index is 13.3. The molecule has 4 heteroatoms. The third kappa shape index (κ3) is 2.58. The van der Waals surface area contributed by atoms with E-state index in [4.69, 9.17) is 4.74 Å². The van der Waals surface area contributed by atoms with Crippen LogP contribution < -0.4 is 4.74 Å². The Hall–Kier alpha value is -3.01. The van der Waals surface area contributed by atoms with Crippen LogP contribution in [-0.4, -0.2) is 7.11 Å². The number of hydrogen-bond acceptors (Lipinski definition) is 1. The number of fused-ring (bicyclic) bond motifs is 2. The summed E-state index contributed by atoms with van der Waals surface area (Å²) in [4.78, 5) is 0. The Kier molecular flexibility index (Phi) is 3.83. The molecule has 0 saturated heterocycles. The maximum Gasteiger partial charge on any atom is 0.419 e. The van der Waals surface area contributed by atoms with E-state index in [1.54, 1.807) is 12.1 Å². The fraction of sp³-hybridized carbons (Fsp3) is 0.0909. The average Bonchev–Trinajstić information content (AvgIpc) is 2.65. The summed E-state index contributed by atoms with van der Waals surface area (Å²) in [5, 5.41) is 3.32. The fourth-order valence-corrected chi connectivity index (χ4v) is 3.47. The number of benzene rings is 4. The monoisotopic (exact) mass is 352 g/mol. The Morgan fingerprint density at radius 1 is 0.654 bits per heavy atom. The molecule has 0 radical (unpaired) electrons. The largest absolute Gasteiger partial charge is 0.495 e. The van der Waals surface area contributed by atoms with Crippen LogP contribution in [0.4, 0.5) is 13.2 Å². The molecule has 0 fully saturated rings. The van der Waals surface area contributed by atoms with Crippen molar-refractivity contribution in [3.05, 3.63) is 78.4 Å². The molecule has 0 aliphatic rings. The number of halogens is 3. The lowest BCUT2D eigenvalue weighted by Gasteiger charge is -2.16. The maximum atomic E-state index is 13.3. The van der Waals surface area contributed by atoms with Crippen LogP contribution in [0.25, 0.3) is 32.7 Å². The van der Waals surface area contributed by atoms with Crippen LogP contribution in [0.1, 0.15) is 5.56 Å². The van der Waals surface area contributed by atoms with Crippen molar-refractivity contribution in [3.63, 3.8) is 0 Å². The quantitative estimate of drug-likeness (QED) is 0.391. The lowest BCUT2D eigenvalue weighted by Crippen LogP contribution is -2.07. The van der Waals surface area contributed by atoms with E-state index >= 15 is 0 Å². The summed E-state index contributed by atoms with van der Waals surface area (Å²) in [5.41, 5.74) is 1.10. The molecule has 0 atom stereocenters. The standard InChI is InChI=1S/C22H15F3O/c1-26-21-19-11-5-10-17(18(19)12-13-20(21)22(23,24)25)16-9-4-7-14-6-2-3-8-15(14)16/h2-13H,1H3. The molecule has 0 bridgehead atoms. The van der Waals surface area contributed by atoms with Gasteiger partial charge in [0.05, 0.1) is 12.7 Å². The highest BCUT2D eigenvalue weighted by Crippen LogP contribution is 2.43. The Bertz CT molecular complexity index is 1110. The highest BCUT2D eigenvalue weighted by Gasteiger charge is 2.35. The van der Waals surface area contributed by atoms with Crippen LogP contribution in [0.15, 0.2) is 72.8 Å². The summed E-state index contributed by atoms with van der Waals surface area (Å²) in [6.07, 6.45) is -4.46. The molecule has 0 aliphatic heterocycles. The number of methoxy groups -OCH3 is 1. The molecular formula is C22H15F3O. The van der Waals surface area contributed by atoms with E-state index in [1.165, 1.54) is 13.2 Å². The molecule has 0 saturated carbocycles. The van der Waals surface area contributed by atoms with Gasteiger partial charge in [0, 0.05) is 5.39 Å². The van der Waals surface area contributed by atoms with E-state index in [1.807, 2.05) is 48.5 Å². The molecule has 4 rings (SSSR count). The van der Waals surface area contributed by atoms with Crippen molar-refractivity contribution < 1.29 is 17.9 Å². The lowest BCUT2D eigenvalue weighted by molar-refractivity contribution is -0.138. The van der Waals surface area contributed by atoms with Crippen LogP contribution >= 0.6 is 0 Å². The van der Waals surface area contributed by atoms with Crippen LogP contribution in [0.5, 0.6) is 5.75 Å². The normalized spacial score (nSPS) is 11.8. The molecule has 0 spiro atoms. The Morgan fingerprint density at radius 3 is 2.00 bits per heavy atom. The van der Waals surface area contributed by atoms with Crippen molar-refractivity contribution in [2.75, 3.05) is 7.11 Å². The third-order valence-electron chi connectivity index (χ3n) is 4.60. The SMILES string of the molecule is COc1c(C(F)(F)F)ccc2c(-c3cccc4ccccc34)cccc12. The smallest absolute Gasteiger partial charge is 0.419 e. The summed E-state index contributed by atoms with van der Waals surface area (Å²) in [5.74, 6) is -0.142. The van der Waals surface area contributed by atoms with Crippen LogP contribution in [0.3, 0.4) is 0 Å². The van der Waals surface area contributed by atoms with Gasteiger partial charge in [-0.05, 0) is 33.4 Å². The van der Waals surface area contributed by atoms with E-state index in [-0.39, 0.29) is 5.75 Å². The van der Waals surface area contributed by atoms with Gasteiger partial charge in [0.2, 0.25) is 0 Å². The van der Waals surface area contributed by atoms with Gasteiger partial charge in [-0.2, -0.15) is 13.2 Å². The van der Waals surface area contributed by atoms with Gasteiger partial charge in [-0.1, -0.05) is 66.7 Å². The first-order valence-corrected chi connectivity index (χ1v) is 8.16. The van der Waals surface area contributed by atoms with Gasteiger partial charge in [0.1, 0.15) is 5.75 Å². The highest BCUT2D eigenvalue weighted by atomic mass is 19.4. The topological polar surface area (TPSA) is 9.23 Å². The molecule has 4 aromatic carbocycles. The molecule has 0 unspecified atom stereocenters. The first-order chi connectivity index (χ1) is 12.5. The van der Waals surface area contributed by atoms with Crippen LogP contribution in [0, 0.1) is 0 Å². The Balaban J connectivity index is 2.06. The summed E-state index contributed by atoms with van der Waals surface area (Å²) in [6, 6.07) is 21.9. The zero-order chi connectivity index (χ0) is 18.3. The second-order valence-electron chi connectivity index (χ2n) is 6.07. The van der Waals surface area contributed by atoms with E-state index in [2.05, 4.69) is 0 Å². The van der Waals surface area contributed by atoms with Crippen LogP contribution in [0.2, 0.25) is 0 Å². The third-order valence-corrected chi connectivity index (χ3v) is 4.60. The van der Waals surface area contributed by atoms with Gasteiger partial charge in [-0.15, -0.1) is 0 Å². The molecule has 4 aromatic rings. The summed E-state index contributed by atoms with van der Waals surface area (Å²) < 4.78 is 45.1. The van der Waals surface area contributed by atoms with Gasteiger partial charge in [-0.25, -0.2) is 0 Å². The number of ether oxygens (including phenoxy) is 1. The number of alkyl halides is 3. The Labute approximate surface area is 148 Å². The second kappa shape index (κ2) is 6.06. The second-order valence-corrected chi connectivity index (χ2v) is 6.07. The zero-order valence-electron chi connectivity index (χ0n) is 14.0. The van der Waals surface area contributed by atoms with Gasteiger partial charge in [0.25, 0.3) is 0 Å². The zero-order valence-corrected chi connectivity index (χ0v) is 14.0. The highest BCUT2D eigenvalue weighted by molar-refractivity contribution is 6.07. The fourth-order valence-electron chi connectivity index (χ4n) is 3.47. The molecule has 0 aliphatic carbocycles. The lowest BCUT2D eigenvalue weighted by atomic mass is 9.93. The van der Waals surface area contributed by atoms with Gasteiger partial charge < -0.3 is 4.74 Å². The predicted octanol–water partition coefficient (Wildman–Crippen LogP) is 6.69. The predicted molar refractivity (Wildman–Crippen MR) is 98.4 cm³/mol. The minimum atomic E-state index is -4.46. The number of hydrogen-bond donors (Lipinski definition) is 0. The van der Waals surface area contributed by atoms with Gasteiger partial charge >= 0.3 is 6.18 Å². The first-order valence-electron chi connectivity index (χ1n) is 8.16. The molecule has 0 heterocycles. The van der Waals surface area contributed by atoms with E-state index in [9.17, 15) is 13.2 Å². The minimum Gasteiger partial charge on any atom is -0.495 e. The first kappa shape index (κ1) is 16.5. The average molecular weight is 352 g/mol. The van der Waals surface area contributed by atoms with E-state index in [0.29, 0.717) is 5.39 Å². The van der Waals surface area contributed by atoms with Crippen molar-refractivity contribution in [1.82, 2.24) is 0 Å². The summed E-state index contributed by atoms with van der Waals surface area (Å²) >= 11 is 0. The molecule has 26 heavy (non-hydrogen) atoms. The molecule has 0 aromatic heterocycles. The minimum absolute atomic E-state index is 0.142. The van der Waals surface area contributed by atoms with Crippen molar-refractivity contribution in [3.8, 4) is 16.9 Å². The molecular weight excluding hydrogens is 337 g/mol. The summed E-state index contributed by atoms with van der Waals surface area (Å²) in [6.45, 7) is 0. The van der Waals surface area contributed by atoms with Crippen molar-refractivity contribution in [2.45, 2.75) is 6.18 Å². The molecule has 0 amide bonds. The van der Waals surface area contributed by atoms with E-state index in [0.717, 1.165) is 33.4 Å². The van der Waals surface area contributed by atoms with Crippen molar-refractivity contribution in [2.24, 2.45) is 0 Å². The van der Waals surface area contributed by atoms with Gasteiger partial charge in [0.15, 0.2) is 0 Å². The van der Waals surface area contributed by atoms with Gasteiger partial charge in [-0.3, -0.25) is 0 Å².